The van der Waals surface area contributed by atoms with Gasteiger partial charge in [0.2, 0.25) is 5.78 Å². The number of H-pyrrole nitrogens is 1. The van der Waals surface area contributed by atoms with Crippen LogP contribution in [0.4, 0.5) is 0 Å². The number of fused-ring (bicyclic) bond motifs is 6. The molecular weight excluding hydrogens is 651 g/mol. The lowest BCUT2D eigenvalue weighted by Crippen LogP contribution is -2.37. The van der Waals surface area contributed by atoms with Crippen molar-refractivity contribution in [2.75, 3.05) is 0 Å². The number of benzene rings is 6. The molecule has 10 aromatic rings. The minimum absolute atomic E-state index is 0.196. The summed E-state index contributed by atoms with van der Waals surface area (Å²) in [6, 6.07) is 46.2. The summed E-state index contributed by atoms with van der Waals surface area (Å²) in [6.45, 7) is 0. The van der Waals surface area contributed by atoms with Gasteiger partial charge in [-0.05, 0) is 53.6 Å². The van der Waals surface area contributed by atoms with Crippen molar-refractivity contribution in [2.45, 2.75) is 0 Å². The third-order valence-electron chi connectivity index (χ3n) is 9.25. The van der Waals surface area contributed by atoms with Gasteiger partial charge < -0.3 is 9.40 Å². The molecule has 0 aliphatic heterocycles. The number of nitrogens with zero attached hydrogens (tertiary/aromatic N) is 6. The Balaban J connectivity index is 1.14. The molecule has 6 aromatic carbocycles. The van der Waals surface area contributed by atoms with E-state index in [1.165, 1.54) is 4.40 Å². The summed E-state index contributed by atoms with van der Waals surface area (Å²) in [7, 11) is 0. The molecule has 0 aliphatic carbocycles. The van der Waals surface area contributed by atoms with E-state index >= 15 is 0 Å². The fraction of sp³-hybridized carbons (Fsp3) is 0. The quantitative estimate of drug-likeness (QED) is 0.196. The Morgan fingerprint density at radius 3 is 1.96 bits per heavy atom. The van der Waals surface area contributed by atoms with Crippen LogP contribution in [0.5, 0.6) is 0 Å². The predicted molar refractivity (Wildman–Crippen MR) is 201 cm³/mol. The SMILES string of the molecule is O=c1nc2[nH]c3ccccc3n2c(=O)n1-c1cccc(-c2ccc3oc4cccc(-c5nc(-c6ccccc6)nc(-c6ccccc6)n5)c4c3c2)c1. The zero-order valence-corrected chi connectivity index (χ0v) is 27.3. The average molecular weight is 676 g/mol. The van der Waals surface area contributed by atoms with Gasteiger partial charge in [0.05, 0.1) is 16.7 Å². The molecule has 0 aliphatic rings. The number of furan rings is 1. The third kappa shape index (κ3) is 4.73. The molecule has 0 amide bonds. The molecule has 0 atom stereocenters. The molecule has 4 aromatic heterocycles. The molecule has 0 saturated carbocycles. The lowest BCUT2D eigenvalue weighted by Gasteiger charge is -2.09. The Hall–Kier alpha value is -7.46. The van der Waals surface area contributed by atoms with E-state index in [-0.39, 0.29) is 5.78 Å². The number of aromatic amines is 1. The number of hydrogen-bond donors (Lipinski definition) is 1. The van der Waals surface area contributed by atoms with Crippen molar-refractivity contribution >= 4 is 38.7 Å². The van der Waals surface area contributed by atoms with Gasteiger partial charge in [0.25, 0.3) is 0 Å². The number of imidazole rings is 1. The summed E-state index contributed by atoms with van der Waals surface area (Å²) in [6.07, 6.45) is 0. The van der Waals surface area contributed by atoms with Crippen LogP contribution in [0.3, 0.4) is 0 Å². The van der Waals surface area contributed by atoms with Gasteiger partial charge in [-0.25, -0.2) is 33.5 Å². The smallest absolute Gasteiger partial charge is 0.359 e. The second-order valence-electron chi connectivity index (χ2n) is 12.4. The van der Waals surface area contributed by atoms with Gasteiger partial charge in [0, 0.05) is 27.5 Å². The Bertz CT molecular complexity index is 3070. The van der Waals surface area contributed by atoms with E-state index in [2.05, 4.69) is 16.0 Å². The second-order valence-corrected chi connectivity index (χ2v) is 12.4. The van der Waals surface area contributed by atoms with Gasteiger partial charge in [-0.2, -0.15) is 4.98 Å². The topological polar surface area (TPSA) is 124 Å². The lowest BCUT2D eigenvalue weighted by molar-refractivity contribution is 0.669. The van der Waals surface area contributed by atoms with Crippen LogP contribution >= 0.6 is 0 Å². The minimum atomic E-state index is -0.670. The summed E-state index contributed by atoms with van der Waals surface area (Å²) in [5.74, 6) is 1.85. The zero-order chi connectivity index (χ0) is 34.8. The van der Waals surface area contributed by atoms with Crippen LogP contribution in [0.25, 0.3) is 89.7 Å². The molecule has 0 unspecified atom stereocenters. The van der Waals surface area contributed by atoms with Crippen LogP contribution in [0.2, 0.25) is 0 Å². The molecule has 4 heterocycles. The Labute approximate surface area is 294 Å². The molecule has 52 heavy (non-hydrogen) atoms. The van der Waals surface area contributed by atoms with E-state index in [0.29, 0.717) is 45.4 Å². The summed E-state index contributed by atoms with van der Waals surface area (Å²) in [4.78, 5) is 49.1. The Kier molecular flexibility index (Phi) is 6.55. The molecule has 0 spiro atoms. The molecular formula is C42H25N7O3. The van der Waals surface area contributed by atoms with Crippen molar-refractivity contribution in [3.63, 3.8) is 0 Å². The lowest BCUT2D eigenvalue weighted by atomic mass is 10.00. The van der Waals surface area contributed by atoms with E-state index in [1.54, 1.807) is 6.07 Å². The van der Waals surface area contributed by atoms with Crippen molar-refractivity contribution in [3.8, 4) is 51.0 Å². The molecule has 1 N–H and O–H groups in total. The van der Waals surface area contributed by atoms with Crippen molar-refractivity contribution in [3.05, 3.63) is 167 Å². The molecule has 0 bridgehead atoms. The maximum Gasteiger partial charge on any atom is 0.359 e. The second kappa shape index (κ2) is 11.6. The summed E-state index contributed by atoms with van der Waals surface area (Å²) in [5.41, 5.74) is 6.21. The fourth-order valence-corrected chi connectivity index (χ4v) is 6.83. The van der Waals surface area contributed by atoms with Crippen LogP contribution in [-0.4, -0.2) is 33.9 Å². The molecule has 246 valence electrons. The first-order valence-corrected chi connectivity index (χ1v) is 16.6. The normalized spacial score (nSPS) is 11.6. The zero-order valence-electron chi connectivity index (χ0n) is 27.3. The monoisotopic (exact) mass is 675 g/mol. The molecule has 10 heteroatoms. The minimum Gasteiger partial charge on any atom is -0.456 e. The van der Waals surface area contributed by atoms with Gasteiger partial charge in [-0.1, -0.05) is 103 Å². The van der Waals surface area contributed by atoms with Gasteiger partial charge in [-0.15, -0.1) is 0 Å². The number of aromatic nitrogens is 7. The van der Waals surface area contributed by atoms with Gasteiger partial charge >= 0.3 is 11.4 Å². The van der Waals surface area contributed by atoms with Crippen LogP contribution in [0, 0.1) is 0 Å². The van der Waals surface area contributed by atoms with E-state index in [0.717, 1.165) is 43.2 Å². The van der Waals surface area contributed by atoms with Crippen LogP contribution < -0.4 is 11.4 Å². The van der Waals surface area contributed by atoms with Crippen LogP contribution in [0.15, 0.2) is 160 Å². The number of para-hydroxylation sites is 2. The van der Waals surface area contributed by atoms with Gasteiger partial charge in [0.15, 0.2) is 17.5 Å². The number of rotatable bonds is 5. The van der Waals surface area contributed by atoms with E-state index in [4.69, 9.17) is 19.4 Å². The van der Waals surface area contributed by atoms with Gasteiger partial charge in [-0.3, -0.25) is 0 Å². The standard InChI is InChI=1S/C42H25N7O3/c50-41-47-40-43-32-18-7-8-19-33(32)49(40)42(51)48(41)29-16-9-15-27(23-29)28-21-22-34-31(24-28)36-30(17-10-20-35(36)52-34)39-45-37(25-11-3-1-4-12-25)44-38(46-39)26-13-5-2-6-14-26/h1-24H,(H,43,47,50). The third-order valence-corrected chi connectivity index (χ3v) is 9.25. The van der Waals surface area contributed by atoms with E-state index in [1.807, 2.05) is 133 Å². The highest BCUT2D eigenvalue weighted by molar-refractivity contribution is 6.12. The van der Waals surface area contributed by atoms with Crippen LogP contribution in [-0.2, 0) is 0 Å². The van der Waals surface area contributed by atoms with E-state index in [9.17, 15) is 9.59 Å². The largest absolute Gasteiger partial charge is 0.456 e. The highest BCUT2D eigenvalue weighted by atomic mass is 16.3. The number of nitrogens with one attached hydrogen (secondary N) is 1. The molecule has 0 radical (unpaired) electrons. The fourth-order valence-electron chi connectivity index (χ4n) is 6.83. The summed E-state index contributed by atoms with van der Waals surface area (Å²) < 4.78 is 8.87. The van der Waals surface area contributed by atoms with Crippen molar-refractivity contribution < 1.29 is 4.42 Å². The first-order valence-electron chi connectivity index (χ1n) is 16.6. The predicted octanol–water partition coefficient (Wildman–Crippen LogP) is 8.08. The van der Waals surface area contributed by atoms with Crippen LogP contribution in [0.1, 0.15) is 0 Å². The van der Waals surface area contributed by atoms with Crippen molar-refractivity contribution in [1.29, 1.82) is 0 Å². The first-order chi connectivity index (χ1) is 25.6. The van der Waals surface area contributed by atoms with Crippen molar-refractivity contribution in [2.24, 2.45) is 0 Å². The first kappa shape index (κ1) is 29.5. The average Bonchev–Trinajstić information content (AvgIpc) is 3.76. The summed E-state index contributed by atoms with van der Waals surface area (Å²) in [5, 5.41) is 1.73. The number of hydrogen-bond acceptors (Lipinski definition) is 7. The van der Waals surface area contributed by atoms with Crippen molar-refractivity contribution in [1.82, 2.24) is 33.9 Å². The molecule has 0 saturated heterocycles. The molecule has 10 rings (SSSR count). The Morgan fingerprint density at radius 1 is 0.538 bits per heavy atom. The summed E-state index contributed by atoms with van der Waals surface area (Å²) >= 11 is 0. The maximum absolute atomic E-state index is 13.8. The highest BCUT2D eigenvalue weighted by Crippen LogP contribution is 2.38. The molecule has 10 nitrogen and oxygen atoms in total. The van der Waals surface area contributed by atoms with Gasteiger partial charge in [0.1, 0.15) is 11.2 Å². The maximum atomic E-state index is 13.8. The highest BCUT2D eigenvalue weighted by Gasteiger charge is 2.19. The molecule has 0 fully saturated rings. The Morgan fingerprint density at radius 2 is 1.19 bits per heavy atom. The van der Waals surface area contributed by atoms with E-state index < -0.39 is 11.4 Å².